The van der Waals surface area contributed by atoms with Gasteiger partial charge in [-0.25, -0.2) is 4.98 Å². The molecule has 0 N–H and O–H groups in total. The van der Waals surface area contributed by atoms with Gasteiger partial charge in [0.05, 0.1) is 0 Å². The van der Waals surface area contributed by atoms with Gasteiger partial charge in [-0.05, 0) is 24.1 Å². The third-order valence-electron chi connectivity index (χ3n) is 3.50. The lowest BCUT2D eigenvalue weighted by Gasteiger charge is -2.17. The van der Waals surface area contributed by atoms with Gasteiger partial charge in [-0.2, -0.15) is 0 Å². The molecule has 1 unspecified atom stereocenters. The van der Waals surface area contributed by atoms with E-state index in [2.05, 4.69) is 34.1 Å². The van der Waals surface area contributed by atoms with E-state index in [1.165, 1.54) is 5.56 Å². The minimum atomic E-state index is 0.195. The molecular formula is C16H17ClN2O. The predicted octanol–water partition coefficient (Wildman–Crippen LogP) is 3.39. The molecule has 1 aromatic heterocycles. The van der Waals surface area contributed by atoms with Crippen molar-refractivity contribution in [3.8, 4) is 5.75 Å². The van der Waals surface area contributed by atoms with E-state index < -0.39 is 0 Å². The Morgan fingerprint density at radius 2 is 2.05 bits per heavy atom. The van der Waals surface area contributed by atoms with Crippen molar-refractivity contribution in [2.75, 3.05) is 13.1 Å². The molecule has 0 radical (unpaired) electrons. The van der Waals surface area contributed by atoms with E-state index >= 15 is 0 Å². The van der Waals surface area contributed by atoms with Gasteiger partial charge >= 0.3 is 0 Å². The number of rotatable bonds is 4. The fraction of sp³-hybridized carbons (Fsp3) is 0.312. The van der Waals surface area contributed by atoms with Gasteiger partial charge in [0.1, 0.15) is 6.10 Å². The first-order valence-corrected chi connectivity index (χ1v) is 7.22. The second kappa shape index (κ2) is 6.25. The van der Waals surface area contributed by atoms with Crippen molar-refractivity contribution < 1.29 is 4.74 Å². The standard InChI is InChI=1S/C16H17ClN2O/c17-16-15(7-4-9-18-16)20-14-8-10-19(12-14)11-13-5-2-1-3-6-13/h1-7,9,14H,8,10-12H2. The average Bonchev–Trinajstić information content (AvgIpc) is 2.90. The van der Waals surface area contributed by atoms with Crippen LogP contribution in [0.5, 0.6) is 5.75 Å². The zero-order valence-electron chi connectivity index (χ0n) is 11.2. The molecule has 1 aliphatic rings. The highest BCUT2D eigenvalue weighted by molar-refractivity contribution is 6.30. The van der Waals surface area contributed by atoms with Gasteiger partial charge in [0.25, 0.3) is 0 Å². The van der Waals surface area contributed by atoms with Crippen LogP contribution in [-0.2, 0) is 6.54 Å². The molecule has 3 nitrogen and oxygen atoms in total. The fourth-order valence-corrected chi connectivity index (χ4v) is 2.68. The number of aromatic nitrogens is 1. The minimum absolute atomic E-state index is 0.195. The van der Waals surface area contributed by atoms with Gasteiger partial charge in [0.2, 0.25) is 0 Å². The molecule has 1 fully saturated rings. The van der Waals surface area contributed by atoms with Crippen LogP contribution in [0.3, 0.4) is 0 Å². The van der Waals surface area contributed by atoms with Crippen molar-refractivity contribution in [3.05, 3.63) is 59.4 Å². The number of halogens is 1. The smallest absolute Gasteiger partial charge is 0.171 e. The summed E-state index contributed by atoms with van der Waals surface area (Å²) in [4.78, 5) is 6.44. The Morgan fingerprint density at radius 1 is 1.20 bits per heavy atom. The molecule has 0 spiro atoms. The zero-order valence-corrected chi connectivity index (χ0v) is 12.0. The lowest BCUT2D eigenvalue weighted by molar-refractivity contribution is 0.198. The van der Waals surface area contributed by atoms with Crippen molar-refractivity contribution >= 4 is 11.6 Å². The second-order valence-corrected chi connectivity index (χ2v) is 5.40. The molecule has 3 rings (SSSR count). The molecule has 2 heterocycles. The highest BCUT2D eigenvalue weighted by Crippen LogP contribution is 2.25. The van der Waals surface area contributed by atoms with Gasteiger partial charge in [-0.15, -0.1) is 0 Å². The van der Waals surface area contributed by atoms with Crippen LogP contribution in [0.4, 0.5) is 0 Å². The summed E-state index contributed by atoms with van der Waals surface area (Å²) in [6.45, 7) is 2.96. The van der Waals surface area contributed by atoms with Gasteiger partial charge < -0.3 is 4.74 Å². The summed E-state index contributed by atoms with van der Waals surface area (Å²) in [5, 5.41) is 0.439. The van der Waals surface area contributed by atoms with Crippen LogP contribution >= 0.6 is 11.6 Å². The number of hydrogen-bond acceptors (Lipinski definition) is 3. The van der Waals surface area contributed by atoms with Crippen LogP contribution in [0.1, 0.15) is 12.0 Å². The maximum atomic E-state index is 6.02. The molecule has 0 aliphatic carbocycles. The average molecular weight is 289 g/mol. The van der Waals surface area contributed by atoms with Crippen LogP contribution in [-0.4, -0.2) is 29.1 Å². The Bertz CT molecular complexity index is 561. The summed E-state index contributed by atoms with van der Waals surface area (Å²) in [6, 6.07) is 14.2. The quantitative estimate of drug-likeness (QED) is 0.807. The monoisotopic (exact) mass is 288 g/mol. The molecule has 2 aromatic rings. The summed E-state index contributed by atoms with van der Waals surface area (Å²) in [7, 11) is 0. The van der Waals surface area contributed by atoms with E-state index in [-0.39, 0.29) is 6.10 Å². The molecule has 1 atom stereocenters. The first-order chi connectivity index (χ1) is 9.81. The Labute approximate surface area is 124 Å². The summed E-state index contributed by atoms with van der Waals surface area (Å²) in [6.07, 6.45) is 2.89. The van der Waals surface area contributed by atoms with Gasteiger partial charge in [-0.1, -0.05) is 41.9 Å². The molecule has 1 aromatic carbocycles. The van der Waals surface area contributed by atoms with Crippen molar-refractivity contribution in [3.63, 3.8) is 0 Å². The minimum Gasteiger partial charge on any atom is -0.486 e. The van der Waals surface area contributed by atoms with E-state index in [1.807, 2.05) is 18.2 Å². The predicted molar refractivity (Wildman–Crippen MR) is 80.0 cm³/mol. The van der Waals surface area contributed by atoms with Gasteiger partial charge in [-0.3, -0.25) is 4.90 Å². The Balaban J connectivity index is 1.56. The zero-order chi connectivity index (χ0) is 13.8. The van der Waals surface area contributed by atoms with Crippen LogP contribution in [0.15, 0.2) is 48.7 Å². The number of nitrogens with zero attached hydrogens (tertiary/aromatic N) is 2. The first kappa shape index (κ1) is 13.4. The normalized spacial score (nSPS) is 19.1. The van der Waals surface area contributed by atoms with Gasteiger partial charge in [0, 0.05) is 25.8 Å². The molecule has 0 amide bonds. The largest absolute Gasteiger partial charge is 0.486 e. The van der Waals surface area contributed by atoms with E-state index in [1.54, 1.807) is 6.20 Å². The Morgan fingerprint density at radius 3 is 2.85 bits per heavy atom. The van der Waals surface area contributed by atoms with Crippen molar-refractivity contribution in [1.82, 2.24) is 9.88 Å². The van der Waals surface area contributed by atoms with Crippen molar-refractivity contribution in [1.29, 1.82) is 0 Å². The summed E-state index contributed by atoms with van der Waals surface area (Å²) in [5.41, 5.74) is 1.34. The molecule has 4 heteroatoms. The number of hydrogen-bond donors (Lipinski definition) is 0. The molecular weight excluding hydrogens is 272 g/mol. The molecule has 104 valence electrons. The third-order valence-corrected chi connectivity index (χ3v) is 3.78. The number of benzene rings is 1. The summed E-state index contributed by atoms with van der Waals surface area (Å²) in [5.74, 6) is 0.681. The molecule has 0 saturated carbocycles. The Kier molecular flexibility index (Phi) is 4.19. The maximum Gasteiger partial charge on any atom is 0.171 e. The number of ether oxygens (including phenoxy) is 1. The number of likely N-dealkylation sites (tertiary alicyclic amines) is 1. The highest BCUT2D eigenvalue weighted by Gasteiger charge is 2.24. The summed E-state index contributed by atoms with van der Waals surface area (Å²) < 4.78 is 5.94. The van der Waals surface area contributed by atoms with Crippen LogP contribution < -0.4 is 4.74 Å². The SMILES string of the molecule is Clc1ncccc1OC1CCN(Cc2ccccc2)C1. The fourth-order valence-electron chi connectivity index (χ4n) is 2.52. The topological polar surface area (TPSA) is 25.4 Å². The van der Waals surface area contributed by atoms with E-state index in [9.17, 15) is 0 Å². The molecule has 20 heavy (non-hydrogen) atoms. The van der Waals surface area contributed by atoms with Gasteiger partial charge in [0.15, 0.2) is 10.9 Å². The second-order valence-electron chi connectivity index (χ2n) is 5.04. The van der Waals surface area contributed by atoms with Crippen LogP contribution in [0.2, 0.25) is 5.15 Å². The van der Waals surface area contributed by atoms with Crippen molar-refractivity contribution in [2.45, 2.75) is 19.1 Å². The molecule has 1 aliphatic heterocycles. The van der Waals surface area contributed by atoms with E-state index in [4.69, 9.17) is 16.3 Å². The lowest BCUT2D eigenvalue weighted by Crippen LogP contribution is -2.24. The molecule has 0 bridgehead atoms. The van der Waals surface area contributed by atoms with Crippen molar-refractivity contribution in [2.24, 2.45) is 0 Å². The Hall–Kier alpha value is -1.58. The summed E-state index contributed by atoms with van der Waals surface area (Å²) >= 11 is 6.02. The third kappa shape index (κ3) is 3.30. The van der Waals surface area contributed by atoms with E-state index in [0.717, 1.165) is 26.1 Å². The first-order valence-electron chi connectivity index (χ1n) is 6.85. The highest BCUT2D eigenvalue weighted by atomic mass is 35.5. The van der Waals surface area contributed by atoms with E-state index in [0.29, 0.717) is 10.9 Å². The van der Waals surface area contributed by atoms with Crippen LogP contribution in [0, 0.1) is 0 Å². The molecule has 1 saturated heterocycles. The van der Waals surface area contributed by atoms with Crippen LogP contribution in [0.25, 0.3) is 0 Å². The lowest BCUT2D eigenvalue weighted by atomic mass is 10.2. The maximum absolute atomic E-state index is 6.02. The number of pyridine rings is 1.